The number of nitrogens with zero attached hydrogens (tertiary/aromatic N) is 3. The Morgan fingerprint density at radius 2 is 1.74 bits per heavy atom. The molecule has 2 aromatic carbocycles. The van der Waals surface area contributed by atoms with E-state index in [9.17, 15) is 4.39 Å². The largest absolute Gasteiger partial charge is 0.339 e. The molecule has 0 aliphatic heterocycles. The van der Waals surface area contributed by atoms with Crippen molar-refractivity contribution >= 4 is 46.3 Å². The van der Waals surface area contributed by atoms with Gasteiger partial charge in [0.2, 0.25) is 5.95 Å². The zero-order valence-electron chi connectivity index (χ0n) is 11.6. The predicted molar refractivity (Wildman–Crippen MR) is 89.3 cm³/mol. The molecule has 3 rings (SSSR count). The summed E-state index contributed by atoms with van der Waals surface area (Å²) in [6.07, 6.45) is 1.46. The maximum absolute atomic E-state index is 12.9. The van der Waals surface area contributed by atoms with Crippen molar-refractivity contribution < 1.29 is 4.39 Å². The fourth-order valence-electron chi connectivity index (χ4n) is 1.81. The van der Waals surface area contributed by atoms with E-state index in [4.69, 9.17) is 23.2 Å². The molecule has 0 radical (unpaired) electrons. The SMILES string of the molecule is Fc1ccc(Nc2cnnc(Nc3ccc(Cl)cc3Cl)n2)cc1. The second-order valence-corrected chi connectivity index (χ2v) is 5.39. The first-order valence-electron chi connectivity index (χ1n) is 6.54. The van der Waals surface area contributed by atoms with E-state index in [1.807, 2.05) is 0 Å². The highest BCUT2D eigenvalue weighted by Crippen LogP contribution is 2.27. The van der Waals surface area contributed by atoms with Gasteiger partial charge in [0.25, 0.3) is 0 Å². The molecular weight excluding hydrogens is 340 g/mol. The zero-order valence-corrected chi connectivity index (χ0v) is 13.1. The van der Waals surface area contributed by atoms with Crippen LogP contribution >= 0.6 is 23.2 Å². The minimum absolute atomic E-state index is 0.265. The lowest BCUT2D eigenvalue weighted by Gasteiger charge is -2.09. The summed E-state index contributed by atoms with van der Waals surface area (Å²) in [6, 6.07) is 10.9. The standard InChI is InChI=1S/C15H10Cl2FN5/c16-9-1-6-13(12(17)7-9)21-15-22-14(8-19-23-15)20-11-4-2-10(18)3-5-11/h1-8H,(H2,20,21,22,23). The molecule has 2 N–H and O–H groups in total. The van der Waals surface area contributed by atoms with Gasteiger partial charge in [-0.15, -0.1) is 5.10 Å². The minimum Gasteiger partial charge on any atom is -0.339 e. The normalized spacial score (nSPS) is 10.4. The van der Waals surface area contributed by atoms with Crippen LogP contribution in [0.25, 0.3) is 0 Å². The van der Waals surface area contributed by atoms with Gasteiger partial charge in [0, 0.05) is 10.7 Å². The number of hydrogen-bond acceptors (Lipinski definition) is 5. The summed E-state index contributed by atoms with van der Waals surface area (Å²) in [4.78, 5) is 4.27. The Labute approximate surface area is 141 Å². The van der Waals surface area contributed by atoms with E-state index in [1.165, 1.54) is 18.3 Å². The van der Waals surface area contributed by atoms with Crippen molar-refractivity contribution in [3.8, 4) is 0 Å². The highest BCUT2D eigenvalue weighted by molar-refractivity contribution is 6.36. The lowest BCUT2D eigenvalue weighted by atomic mass is 10.3. The van der Waals surface area contributed by atoms with Gasteiger partial charge in [-0.3, -0.25) is 0 Å². The second-order valence-electron chi connectivity index (χ2n) is 4.55. The molecule has 0 saturated carbocycles. The molecule has 0 aliphatic carbocycles. The van der Waals surface area contributed by atoms with Crippen LogP contribution in [0.1, 0.15) is 0 Å². The van der Waals surface area contributed by atoms with Crippen LogP contribution in [0.5, 0.6) is 0 Å². The fourth-order valence-corrected chi connectivity index (χ4v) is 2.26. The number of aromatic nitrogens is 3. The Kier molecular flexibility index (Phi) is 4.55. The van der Waals surface area contributed by atoms with Crippen molar-refractivity contribution in [3.63, 3.8) is 0 Å². The van der Waals surface area contributed by atoms with Crippen molar-refractivity contribution in [2.75, 3.05) is 10.6 Å². The summed E-state index contributed by atoms with van der Waals surface area (Å²) in [5, 5.41) is 14.7. The molecule has 116 valence electrons. The summed E-state index contributed by atoms with van der Waals surface area (Å²) in [7, 11) is 0. The highest BCUT2D eigenvalue weighted by Gasteiger charge is 2.06. The smallest absolute Gasteiger partial charge is 0.249 e. The first kappa shape index (κ1) is 15.5. The summed E-state index contributed by atoms with van der Waals surface area (Å²) in [6.45, 7) is 0. The quantitative estimate of drug-likeness (QED) is 0.707. The molecular formula is C15H10Cl2FN5. The Hall–Kier alpha value is -2.44. The third-order valence-electron chi connectivity index (χ3n) is 2.85. The molecule has 0 spiro atoms. The van der Waals surface area contributed by atoms with Crippen LogP contribution in [0, 0.1) is 5.82 Å². The zero-order chi connectivity index (χ0) is 16.2. The molecule has 0 saturated heterocycles. The maximum atomic E-state index is 12.9. The van der Waals surface area contributed by atoms with E-state index in [0.717, 1.165) is 0 Å². The van der Waals surface area contributed by atoms with Crippen LogP contribution in [-0.2, 0) is 0 Å². The molecule has 3 aromatic rings. The first-order valence-corrected chi connectivity index (χ1v) is 7.30. The van der Waals surface area contributed by atoms with E-state index in [0.29, 0.717) is 27.2 Å². The lowest BCUT2D eigenvalue weighted by molar-refractivity contribution is 0.628. The lowest BCUT2D eigenvalue weighted by Crippen LogP contribution is -2.02. The van der Waals surface area contributed by atoms with Crippen LogP contribution < -0.4 is 10.6 Å². The van der Waals surface area contributed by atoms with Crippen molar-refractivity contribution in [1.82, 2.24) is 15.2 Å². The van der Waals surface area contributed by atoms with Gasteiger partial charge < -0.3 is 10.6 Å². The molecule has 0 atom stereocenters. The van der Waals surface area contributed by atoms with Crippen LogP contribution in [0.3, 0.4) is 0 Å². The van der Waals surface area contributed by atoms with Gasteiger partial charge in [-0.25, -0.2) is 4.39 Å². The first-order chi connectivity index (χ1) is 11.1. The van der Waals surface area contributed by atoms with E-state index in [-0.39, 0.29) is 11.8 Å². The van der Waals surface area contributed by atoms with E-state index in [2.05, 4.69) is 25.8 Å². The summed E-state index contributed by atoms with van der Waals surface area (Å²) < 4.78 is 12.9. The molecule has 5 nitrogen and oxygen atoms in total. The monoisotopic (exact) mass is 349 g/mol. The number of rotatable bonds is 4. The topological polar surface area (TPSA) is 62.7 Å². The molecule has 0 fully saturated rings. The van der Waals surface area contributed by atoms with Crippen molar-refractivity contribution in [2.45, 2.75) is 0 Å². The van der Waals surface area contributed by atoms with Crippen LogP contribution in [-0.4, -0.2) is 15.2 Å². The molecule has 0 amide bonds. The molecule has 0 bridgehead atoms. The fraction of sp³-hybridized carbons (Fsp3) is 0. The Morgan fingerprint density at radius 3 is 2.48 bits per heavy atom. The molecule has 0 aliphatic rings. The van der Waals surface area contributed by atoms with E-state index < -0.39 is 0 Å². The third kappa shape index (κ3) is 4.06. The van der Waals surface area contributed by atoms with Crippen molar-refractivity contribution in [3.05, 3.63) is 64.5 Å². The molecule has 0 unspecified atom stereocenters. The summed E-state index contributed by atoms with van der Waals surface area (Å²) in [5.41, 5.74) is 1.29. The van der Waals surface area contributed by atoms with E-state index in [1.54, 1.807) is 30.3 Å². The molecule has 23 heavy (non-hydrogen) atoms. The van der Waals surface area contributed by atoms with Gasteiger partial charge >= 0.3 is 0 Å². The summed E-state index contributed by atoms with van der Waals surface area (Å²) >= 11 is 11.9. The average Bonchev–Trinajstić information content (AvgIpc) is 2.53. The van der Waals surface area contributed by atoms with Crippen LogP contribution in [0.2, 0.25) is 10.0 Å². The average molecular weight is 350 g/mol. The van der Waals surface area contributed by atoms with Gasteiger partial charge in [-0.05, 0) is 42.5 Å². The molecule has 8 heteroatoms. The predicted octanol–water partition coefficient (Wildman–Crippen LogP) is 4.80. The van der Waals surface area contributed by atoms with Crippen LogP contribution in [0.4, 0.5) is 27.5 Å². The van der Waals surface area contributed by atoms with Gasteiger partial charge in [-0.2, -0.15) is 10.1 Å². The number of hydrogen-bond donors (Lipinski definition) is 2. The molecule has 1 heterocycles. The van der Waals surface area contributed by atoms with Crippen molar-refractivity contribution in [1.29, 1.82) is 0 Å². The highest BCUT2D eigenvalue weighted by atomic mass is 35.5. The van der Waals surface area contributed by atoms with Gasteiger partial charge in [0.05, 0.1) is 16.9 Å². The number of nitrogens with one attached hydrogen (secondary N) is 2. The van der Waals surface area contributed by atoms with Crippen molar-refractivity contribution in [2.24, 2.45) is 0 Å². The second kappa shape index (κ2) is 6.76. The Bertz CT molecular complexity index is 826. The van der Waals surface area contributed by atoms with Gasteiger partial charge in [0.15, 0.2) is 5.82 Å². The number of anilines is 4. The third-order valence-corrected chi connectivity index (χ3v) is 3.40. The van der Waals surface area contributed by atoms with E-state index >= 15 is 0 Å². The Balaban J connectivity index is 1.78. The maximum Gasteiger partial charge on any atom is 0.249 e. The van der Waals surface area contributed by atoms with Crippen LogP contribution in [0.15, 0.2) is 48.7 Å². The molecule has 1 aromatic heterocycles. The summed E-state index contributed by atoms with van der Waals surface area (Å²) in [5.74, 6) is 0.414. The number of halogens is 3. The van der Waals surface area contributed by atoms with Gasteiger partial charge in [0.1, 0.15) is 5.82 Å². The van der Waals surface area contributed by atoms with Gasteiger partial charge in [-0.1, -0.05) is 23.2 Å². The minimum atomic E-state index is -0.309. The Morgan fingerprint density at radius 1 is 0.957 bits per heavy atom. The number of benzene rings is 2.